The summed E-state index contributed by atoms with van der Waals surface area (Å²) >= 11 is 0. The zero-order valence-electron chi connectivity index (χ0n) is 16.6. The fourth-order valence-electron chi connectivity index (χ4n) is 4.09. The van der Waals surface area contributed by atoms with Crippen LogP contribution < -0.4 is 9.80 Å². The first-order chi connectivity index (χ1) is 14.1. The third-order valence-corrected chi connectivity index (χ3v) is 5.86. The Labute approximate surface area is 170 Å². The molecule has 1 heterocycles. The van der Waals surface area contributed by atoms with E-state index >= 15 is 0 Å². The van der Waals surface area contributed by atoms with Gasteiger partial charge in [-0.2, -0.15) is 0 Å². The highest BCUT2D eigenvalue weighted by Gasteiger charge is 2.51. The Morgan fingerprint density at radius 3 is 2.24 bits per heavy atom. The third kappa shape index (κ3) is 4.11. The maximum absolute atomic E-state index is 13.1. The summed E-state index contributed by atoms with van der Waals surface area (Å²) in [5.74, 6) is -0.521. The van der Waals surface area contributed by atoms with Gasteiger partial charge in [0, 0.05) is 44.1 Å². The molecule has 0 radical (unpaired) electrons. The number of amides is 2. The molecule has 2 atom stereocenters. The normalized spacial score (nSPS) is 21.0. The number of rotatable bonds is 5. The Kier molecular flexibility index (Phi) is 5.51. The van der Waals surface area contributed by atoms with Crippen LogP contribution in [-0.4, -0.2) is 49.4 Å². The Morgan fingerprint density at radius 2 is 1.62 bits per heavy atom. The average Bonchev–Trinajstić information content (AvgIpc) is 3.56. The Hall–Kier alpha value is -2.89. The number of nitrogens with zero attached hydrogens (tertiary/aromatic N) is 3. The molecule has 2 aliphatic rings. The van der Waals surface area contributed by atoms with Crippen molar-refractivity contribution in [2.24, 2.45) is 11.8 Å². The fourth-order valence-corrected chi connectivity index (χ4v) is 4.09. The van der Waals surface area contributed by atoms with Gasteiger partial charge < -0.3 is 14.7 Å². The van der Waals surface area contributed by atoms with Gasteiger partial charge in [0.15, 0.2) is 0 Å². The summed E-state index contributed by atoms with van der Waals surface area (Å²) in [5, 5.41) is 0. The average molecular weight is 395 g/mol. The molecular formula is C23H26FN3O2. The molecule has 2 fully saturated rings. The number of benzene rings is 2. The first kappa shape index (κ1) is 19.4. The van der Waals surface area contributed by atoms with E-state index in [1.165, 1.54) is 12.1 Å². The lowest BCUT2D eigenvalue weighted by molar-refractivity contribution is -0.134. The predicted octanol–water partition coefficient (Wildman–Crippen LogP) is 3.16. The van der Waals surface area contributed by atoms with Crippen molar-refractivity contribution in [2.75, 3.05) is 42.5 Å². The van der Waals surface area contributed by atoms with Crippen LogP contribution >= 0.6 is 0 Å². The molecule has 0 spiro atoms. The minimum absolute atomic E-state index is 0.0435. The maximum Gasteiger partial charge on any atom is 0.230 e. The van der Waals surface area contributed by atoms with Crippen LogP contribution in [0.15, 0.2) is 54.6 Å². The second-order valence-electron chi connectivity index (χ2n) is 7.66. The summed E-state index contributed by atoms with van der Waals surface area (Å²) in [7, 11) is 0. The van der Waals surface area contributed by atoms with Crippen LogP contribution in [-0.2, 0) is 9.59 Å². The van der Waals surface area contributed by atoms with Crippen LogP contribution in [0.1, 0.15) is 13.3 Å². The zero-order chi connectivity index (χ0) is 20.4. The first-order valence-corrected chi connectivity index (χ1v) is 10.2. The molecule has 29 heavy (non-hydrogen) atoms. The van der Waals surface area contributed by atoms with Gasteiger partial charge in [-0.25, -0.2) is 4.39 Å². The number of anilines is 2. The molecular weight excluding hydrogens is 369 g/mol. The van der Waals surface area contributed by atoms with Crippen LogP contribution in [0.2, 0.25) is 0 Å². The maximum atomic E-state index is 13.1. The largest absolute Gasteiger partial charge is 0.368 e. The number of carbonyl (C=O) groups is 2. The van der Waals surface area contributed by atoms with E-state index in [0.29, 0.717) is 39.1 Å². The van der Waals surface area contributed by atoms with E-state index in [1.54, 1.807) is 17.0 Å². The van der Waals surface area contributed by atoms with Gasteiger partial charge in [0.25, 0.3) is 0 Å². The number of piperazine rings is 1. The van der Waals surface area contributed by atoms with Gasteiger partial charge in [-0.1, -0.05) is 18.2 Å². The van der Waals surface area contributed by atoms with Gasteiger partial charge in [0.1, 0.15) is 5.82 Å². The van der Waals surface area contributed by atoms with Crippen LogP contribution in [0.3, 0.4) is 0 Å². The summed E-state index contributed by atoms with van der Waals surface area (Å²) in [6.07, 6.45) is 0.638. The molecule has 0 aromatic heterocycles. The quantitative estimate of drug-likeness (QED) is 0.781. The van der Waals surface area contributed by atoms with Crippen LogP contribution in [0, 0.1) is 17.7 Å². The van der Waals surface area contributed by atoms with E-state index in [2.05, 4.69) is 4.90 Å². The highest BCUT2D eigenvalue weighted by Crippen LogP contribution is 2.42. The molecule has 1 aliphatic heterocycles. The van der Waals surface area contributed by atoms with Crippen molar-refractivity contribution in [3.05, 3.63) is 60.4 Å². The molecule has 4 rings (SSSR count). The minimum Gasteiger partial charge on any atom is -0.368 e. The van der Waals surface area contributed by atoms with E-state index in [9.17, 15) is 14.0 Å². The Bertz CT molecular complexity index is 863. The van der Waals surface area contributed by atoms with Crippen molar-refractivity contribution in [2.45, 2.75) is 13.3 Å². The summed E-state index contributed by atoms with van der Waals surface area (Å²) in [5.41, 5.74) is 1.85. The van der Waals surface area contributed by atoms with E-state index < -0.39 is 0 Å². The van der Waals surface area contributed by atoms with Crippen LogP contribution in [0.25, 0.3) is 0 Å². The standard InChI is InChI=1S/C23H26FN3O2/c1-2-27(19-6-4-3-5-7-19)23(29)21-16-20(21)22(28)26-14-12-25(13-15-26)18-10-8-17(24)9-11-18/h3-11,20-21H,2,12-16H2,1H3. The van der Waals surface area contributed by atoms with Crippen molar-refractivity contribution >= 4 is 23.2 Å². The second kappa shape index (κ2) is 8.23. The van der Waals surface area contributed by atoms with E-state index in [1.807, 2.05) is 42.2 Å². The zero-order valence-corrected chi connectivity index (χ0v) is 16.6. The van der Waals surface area contributed by atoms with E-state index in [4.69, 9.17) is 0 Å². The van der Waals surface area contributed by atoms with Crippen molar-refractivity contribution in [3.63, 3.8) is 0 Å². The van der Waals surface area contributed by atoms with Crippen molar-refractivity contribution < 1.29 is 14.0 Å². The number of carbonyl (C=O) groups excluding carboxylic acids is 2. The monoisotopic (exact) mass is 395 g/mol. The summed E-state index contributed by atoms with van der Waals surface area (Å²) < 4.78 is 13.1. The lowest BCUT2D eigenvalue weighted by Gasteiger charge is -2.36. The molecule has 6 heteroatoms. The molecule has 2 aromatic carbocycles. The number of halogens is 1. The molecule has 2 aromatic rings. The minimum atomic E-state index is -0.247. The van der Waals surface area contributed by atoms with Crippen molar-refractivity contribution in [1.82, 2.24) is 4.90 Å². The van der Waals surface area contributed by atoms with Gasteiger partial charge in [-0.05, 0) is 49.7 Å². The smallest absolute Gasteiger partial charge is 0.230 e. The molecule has 1 saturated carbocycles. The SMILES string of the molecule is CCN(C(=O)C1CC1C(=O)N1CCN(c2ccc(F)cc2)CC1)c1ccccc1. The molecule has 1 aliphatic carbocycles. The molecule has 0 bridgehead atoms. The summed E-state index contributed by atoms with van der Waals surface area (Å²) in [4.78, 5) is 31.6. The lowest BCUT2D eigenvalue weighted by atomic mass is 10.2. The number of hydrogen-bond acceptors (Lipinski definition) is 3. The van der Waals surface area contributed by atoms with Gasteiger partial charge >= 0.3 is 0 Å². The van der Waals surface area contributed by atoms with Gasteiger partial charge in [0.2, 0.25) is 11.8 Å². The second-order valence-corrected chi connectivity index (χ2v) is 7.66. The van der Waals surface area contributed by atoms with Crippen LogP contribution in [0.4, 0.5) is 15.8 Å². The highest BCUT2D eigenvalue weighted by atomic mass is 19.1. The molecule has 0 N–H and O–H groups in total. The van der Waals surface area contributed by atoms with E-state index in [-0.39, 0.29) is 29.5 Å². The lowest BCUT2D eigenvalue weighted by Crippen LogP contribution is -2.49. The van der Waals surface area contributed by atoms with Gasteiger partial charge in [-0.15, -0.1) is 0 Å². The third-order valence-electron chi connectivity index (χ3n) is 5.86. The first-order valence-electron chi connectivity index (χ1n) is 10.2. The fraction of sp³-hybridized carbons (Fsp3) is 0.391. The highest BCUT2D eigenvalue weighted by molar-refractivity contribution is 6.01. The Morgan fingerprint density at radius 1 is 0.966 bits per heavy atom. The van der Waals surface area contributed by atoms with Crippen LogP contribution in [0.5, 0.6) is 0 Å². The van der Waals surface area contributed by atoms with Gasteiger partial charge in [-0.3, -0.25) is 9.59 Å². The number of hydrogen-bond donors (Lipinski definition) is 0. The number of para-hydroxylation sites is 1. The predicted molar refractivity (Wildman–Crippen MR) is 111 cm³/mol. The molecule has 1 saturated heterocycles. The summed E-state index contributed by atoms with van der Waals surface area (Å²) in [6.45, 7) is 5.24. The molecule has 5 nitrogen and oxygen atoms in total. The molecule has 2 unspecified atom stereocenters. The van der Waals surface area contributed by atoms with E-state index in [0.717, 1.165) is 11.4 Å². The Balaban J connectivity index is 1.32. The summed E-state index contributed by atoms with van der Waals surface area (Å²) in [6, 6.07) is 16.1. The van der Waals surface area contributed by atoms with Crippen molar-refractivity contribution in [1.29, 1.82) is 0 Å². The van der Waals surface area contributed by atoms with Gasteiger partial charge in [0.05, 0.1) is 11.8 Å². The topological polar surface area (TPSA) is 43.9 Å². The molecule has 152 valence electrons. The van der Waals surface area contributed by atoms with Crippen molar-refractivity contribution in [3.8, 4) is 0 Å². The molecule has 2 amide bonds.